The fraction of sp³-hybridized carbons (Fsp3) is 0.368. The predicted molar refractivity (Wildman–Crippen MR) is 204 cm³/mol. The first-order valence-corrected chi connectivity index (χ1v) is 18.4. The second-order valence-corrected chi connectivity index (χ2v) is 14.4. The number of ether oxygens (including phenoxy) is 3. The van der Waals surface area contributed by atoms with Crippen LogP contribution in [0.4, 0.5) is 17.5 Å². The molecular weight excluding hydrogens is 748 g/mol. The Morgan fingerprint density at radius 1 is 1.04 bits per heavy atom. The third kappa shape index (κ3) is 7.59. The summed E-state index contributed by atoms with van der Waals surface area (Å²) in [7, 11) is 1.49. The topological polar surface area (TPSA) is 203 Å². The van der Waals surface area contributed by atoms with Gasteiger partial charge in [0.2, 0.25) is 17.8 Å². The molecule has 3 aliphatic heterocycles. The molecule has 3 aliphatic rings. The van der Waals surface area contributed by atoms with Crippen molar-refractivity contribution in [1.29, 1.82) is 0 Å². The van der Waals surface area contributed by atoms with E-state index in [9.17, 15) is 28.8 Å². The molecular formula is C38H39ClN8O9. The van der Waals surface area contributed by atoms with Crippen molar-refractivity contribution >= 4 is 69.5 Å². The summed E-state index contributed by atoms with van der Waals surface area (Å²) >= 11 is 6.57. The van der Waals surface area contributed by atoms with E-state index in [-0.39, 0.29) is 71.6 Å². The normalized spacial score (nSPS) is 19.6. The molecule has 1 unspecified atom stereocenters. The number of nitrogens with one attached hydrogen (secondary N) is 3. The highest BCUT2D eigenvalue weighted by molar-refractivity contribution is 6.33. The summed E-state index contributed by atoms with van der Waals surface area (Å²) in [4.78, 5) is 87.5. The number of halogens is 1. The lowest BCUT2D eigenvalue weighted by molar-refractivity contribution is -0.136. The van der Waals surface area contributed by atoms with Crippen LogP contribution in [0.3, 0.4) is 0 Å². The lowest BCUT2D eigenvalue weighted by atomic mass is 10.0. The molecule has 7 rings (SSSR count). The molecule has 0 spiro atoms. The maximum Gasteiger partial charge on any atom is 0.293 e. The third-order valence-electron chi connectivity index (χ3n) is 9.61. The monoisotopic (exact) mass is 786 g/mol. The molecule has 3 atom stereocenters. The molecule has 0 saturated carbocycles. The number of fused-ring (bicyclic) bond motifs is 2. The molecule has 292 valence electrons. The minimum Gasteiger partial charge on any atom is -0.491 e. The molecule has 2 aromatic carbocycles. The molecule has 2 fully saturated rings. The summed E-state index contributed by atoms with van der Waals surface area (Å²) in [6.45, 7) is 6.33. The highest BCUT2D eigenvalue weighted by Crippen LogP contribution is 2.32. The molecule has 18 heteroatoms. The Balaban J connectivity index is 1.04. The highest BCUT2D eigenvalue weighted by Gasteiger charge is 2.44. The molecule has 5 heterocycles. The molecule has 0 aliphatic carbocycles. The molecule has 17 nitrogen and oxygen atoms in total. The number of imide groups is 2. The van der Waals surface area contributed by atoms with Gasteiger partial charge in [0.25, 0.3) is 23.3 Å². The van der Waals surface area contributed by atoms with Crippen LogP contribution in [0.1, 0.15) is 60.4 Å². The van der Waals surface area contributed by atoms with E-state index in [4.69, 9.17) is 30.8 Å². The van der Waals surface area contributed by atoms with E-state index in [0.717, 1.165) is 4.90 Å². The summed E-state index contributed by atoms with van der Waals surface area (Å²) < 4.78 is 19.4. The minimum absolute atomic E-state index is 0.0299. The standard InChI is InChI=1S/C38H39ClN8O9/c1-19(2)46-28-8-5-22(11-21(28)12-30(37(46)53)55-18-32(49)40-4)42-33-27(39)14-41-38(44-33)45-15-20(3)56-24(16-45)17-54-23-6-7-25-26(13-23)36(52)47(35(25)51)29-9-10-31(48)43-34(29)50/h5-8,11-14,19-20,24,29H,9-10,15-18H2,1-4H3,(H,40,49)(H,41,42,44)(H,43,48,50)/t20-,24+,29?/m1/s1. The quantitative estimate of drug-likeness (QED) is 0.188. The highest BCUT2D eigenvalue weighted by atomic mass is 35.5. The van der Waals surface area contributed by atoms with Crippen LogP contribution in [-0.2, 0) is 19.1 Å². The number of hydrogen-bond acceptors (Lipinski definition) is 13. The first kappa shape index (κ1) is 38.2. The van der Waals surface area contributed by atoms with Gasteiger partial charge in [0, 0.05) is 37.1 Å². The summed E-state index contributed by atoms with van der Waals surface area (Å²) in [5.41, 5.74) is 1.23. The summed E-state index contributed by atoms with van der Waals surface area (Å²) in [5, 5.41) is 8.90. The van der Waals surface area contributed by atoms with Gasteiger partial charge in [-0.25, -0.2) is 4.98 Å². The molecule has 5 amide bonds. The van der Waals surface area contributed by atoms with Crippen LogP contribution in [0.15, 0.2) is 53.5 Å². The first-order chi connectivity index (χ1) is 26.8. The van der Waals surface area contributed by atoms with Gasteiger partial charge in [0.15, 0.2) is 18.2 Å². The number of carbonyl (C=O) groups is 5. The predicted octanol–water partition coefficient (Wildman–Crippen LogP) is 2.97. The lowest BCUT2D eigenvalue weighted by Gasteiger charge is -2.36. The summed E-state index contributed by atoms with van der Waals surface area (Å²) in [5.74, 6) is -1.59. The van der Waals surface area contributed by atoms with E-state index in [2.05, 4.69) is 20.9 Å². The van der Waals surface area contributed by atoms with Gasteiger partial charge in [0.05, 0.1) is 35.5 Å². The molecule has 0 bridgehead atoms. The number of piperidine rings is 1. The van der Waals surface area contributed by atoms with E-state index in [0.29, 0.717) is 47.2 Å². The number of carbonyl (C=O) groups excluding carboxylic acids is 5. The molecule has 2 aromatic heterocycles. The minimum atomic E-state index is -1.06. The third-order valence-corrected chi connectivity index (χ3v) is 9.88. The number of hydrogen-bond donors (Lipinski definition) is 3. The van der Waals surface area contributed by atoms with Crippen LogP contribution in [0.25, 0.3) is 10.9 Å². The largest absolute Gasteiger partial charge is 0.491 e. The summed E-state index contributed by atoms with van der Waals surface area (Å²) in [6.07, 6.45) is 0.934. The maximum absolute atomic E-state index is 13.3. The van der Waals surface area contributed by atoms with Crippen molar-refractivity contribution in [3.05, 3.63) is 75.2 Å². The molecule has 4 aromatic rings. The zero-order chi connectivity index (χ0) is 39.8. The van der Waals surface area contributed by atoms with Crippen LogP contribution in [0.5, 0.6) is 11.5 Å². The Bertz CT molecular complexity index is 2330. The fourth-order valence-electron chi connectivity index (χ4n) is 6.99. The number of pyridine rings is 1. The lowest BCUT2D eigenvalue weighted by Crippen LogP contribution is -2.54. The van der Waals surface area contributed by atoms with E-state index in [1.807, 2.05) is 43.9 Å². The van der Waals surface area contributed by atoms with Crippen molar-refractivity contribution in [2.45, 2.75) is 57.9 Å². The van der Waals surface area contributed by atoms with Gasteiger partial charge in [-0.1, -0.05) is 11.6 Å². The van der Waals surface area contributed by atoms with Crippen LogP contribution >= 0.6 is 11.6 Å². The Hall–Kier alpha value is -6.07. The van der Waals surface area contributed by atoms with Crippen molar-refractivity contribution in [3.63, 3.8) is 0 Å². The Morgan fingerprint density at radius 3 is 2.57 bits per heavy atom. The second kappa shape index (κ2) is 15.6. The molecule has 3 N–H and O–H groups in total. The zero-order valence-electron chi connectivity index (χ0n) is 31.0. The number of anilines is 3. The molecule has 2 saturated heterocycles. The molecule has 0 radical (unpaired) electrons. The van der Waals surface area contributed by atoms with Gasteiger partial charge in [-0.05, 0) is 69.7 Å². The van der Waals surface area contributed by atoms with Crippen molar-refractivity contribution in [2.75, 3.05) is 43.6 Å². The Labute approximate surface area is 325 Å². The SMILES string of the molecule is CNC(=O)COc1cc2cc(Nc3nc(N4C[C@@H](COc5ccc6c(c5)C(=O)N(C5CCC(=O)NC5=O)C6=O)O[C@H](C)C4)ncc3Cl)ccc2n(C(C)C)c1=O. The second-order valence-electron chi connectivity index (χ2n) is 13.9. The van der Waals surface area contributed by atoms with Crippen molar-refractivity contribution in [2.24, 2.45) is 0 Å². The van der Waals surface area contributed by atoms with Gasteiger partial charge in [-0.3, -0.25) is 39.0 Å². The zero-order valence-corrected chi connectivity index (χ0v) is 31.7. The van der Waals surface area contributed by atoms with Crippen molar-refractivity contribution in [1.82, 2.24) is 30.1 Å². The number of likely N-dealkylation sites (N-methyl/N-ethyl adjacent to an activating group) is 1. The van der Waals surface area contributed by atoms with Gasteiger partial charge in [-0.15, -0.1) is 0 Å². The number of benzene rings is 2. The number of nitrogens with zero attached hydrogens (tertiary/aromatic N) is 5. The van der Waals surface area contributed by atoms with Gasteiger partial charge in [0.1, 0.15) is 29.5 Å². The summed E-state index contributed by atoms with van der Waals surface area (Å²) in [6, 6.07) is 10.3. The van der Waals surface area contributed by atoms with E-state index >= 15 is 0 Å². The average molecular weight is 787 g/mol. The maximum atomic E-state index is 13.3. The van der Waals surface area contributed by atoms with Crippen molar-refractivity contribution < 1.29 is 38.2 Å². The first-order valence-electron chi connectivity index (χ1n) is 18.0. The van der Waals surface area contributed by atoms with Crippen molar-refractivity contribution in [3.8, 4) is 11.5 Å². The van der Waals surface area contributed by atoms with E-state index in [1.54, 1.807) is 16.7 Å². The number of aromatic nitrogens is 3. The van der Waals surface area contributed by atoms with E-state index < -0.39 is 35.8 Å². The average Bonchev–Trinajstić information content (AvgIpc) is 3.41. The van der Waals surface area contributed by atoms with Crippen LogP contribution in [-0.4, -0.2) is 101 Å². The van der Waals surface area contributed by atoms with Crippen LogP contribution in [0.2, 0.25) is 5.02 Å². The molecule has 56 heavy (non-hydrogen) atoms. The van der Waals surface area contributed by atoms with Crippen LogP contribution < -0.4 is 35.9 Å². The smallest absolute Gasteiger partial charge is 0.293 e. The Kier molecular flexibility index (Phi) is 10.6. The van der Waals surface area contributed by atoms with Gasteiger partial charge < -0.3 is 34.3 Å². The van der Waals surface area contributed by atoms with Crippen LogP contribution in [0, 0.1) is 0 Å². The fourth-order valence-corrected chi connectivity index (χ4v) is 7.13. The van der Waals surface area contributed by atoms with Gasteiger partial charge in [-0.2, -0.15) is 4.98 Å². The Morgan fingerprint density at radius 2 is 1.82 bits per heavy atom. The number of amides is 5. The van der Waals surface area contributed by atoms with Gasteiger partial charge >= 0.3 is 0 Å². The number of rotatable bonds is 11. The number of morpholine rings is 1. The van der Waals surface area contributed by atoms with E-state index in [1.165, 1.54) is 25.4 Å².